The van der Waals surface area contributed by atoms with Crippen LogP contribution >= 0.6 is 11.3 Å². The van der Waals surface area contributed by atoms with Gasteiger partial charge in [-0.25, -0.2) is 4.98 Å². The molecule has 0 bridgehead atoms. The number of hydrogen-bond acceptors (Lipinski definition) is 4. The maximum atomic E-state index is 5.53. The highest BCUT2D eigenvalue weighted by Crippen LogP contribution is 2.22. The van der Waals surface area contributed by atoms with Crippen molar-refractivity contribution in [3.05, 3.63) is 6.20 Å². The third kappa shape index (κ3) is 2.14. The molecule has 0 atom stereocenters. The number of rotatable bonds is 3. The molecule has 4 heteroatoms. The van der Waals surface area contributed by atoms with Crippen LogP contribution in [-0.2, 0) is 0 Å². The second kappa shape index (κ2) is 3.98. The number of anilines is 2. The molecule has 0 fully saturated rings. The number of nitrogen functional groups attached to an aromatic ring is 1. The SMILES string of the molecule is C#CCCN(C)c1ncc(N)s1. The monoisotopic (exact) mass is 181 g/mol. The Morgan fingerprint density at radius 2 is 2.58 bits per heavy atom. The van der Waals surface area contributed by atoms with Gasteiger partial charge in [-0.15, -0.1) is 12.3 Å². The molecule has 0 aliphatic carbocycles. The summed E-state index contributed by atoms with van der Waals surface area (Å²) in [5.74, 6) is 2.58. The van der Waals surface area contributed by atoms with E-state index < -0.39 is 0 Å². The largest absolute Gasteiger partial charge is 0.389 e. The predicted molar refractivity (Wildman–Crippen MR) is 53.2 cm³/mol. The van der Waals surface area contributed by atoms with Gasteiger partial charge in [-0.1, -0.05) is 11.3 Å². The van der Waals surface area contributed by atoms with Crippen molar-refractivity contribution in [1.82, 2.24) is 4.98 Å². The number of nitrogens with zero attached hydrogens (tertiary/aromatic N) is 2. The van der Waals surface area contributed by atoms with E-state index in [1.807, 2.05) is 11.9 Å². The Kier molecular flexibility index (Phi) is 2.94. The van der Waals surface area contributed by atoms with Crippen molar-refractivity contribution < 1.29 is 0 Å². The summed E-state index contributed by atoms with van der Waals surface area (Å²) in [7, 11) is 1.95. The highest BCUT2D eigenvalue weighted by molar-refractivity contribution is 7.19. The van der Waals surface area contributed by atoms with Gasteiger partial charge in [-0.05, 0) is 0 Å². The van der Waals surface area contributed by atoms with E-state index in [4.69, 9.17) is 12.2 Å². The quantitative estimate of drug-likeness (QED) is 0.712. The molecule has 64 valence electrons. The van der Waals surface area contributed by atoms with Crippen LogP contribution in [0.5, 0.6) is 0 Å². The summed E-state index contributed by atoms with van der Waals surface area (Å²) >= 11 is 1.47. The van der Waals surface area contributed by atoms with Crippen LogP contribution in [0.3, 0.4) is 0 Å². The van der Waals surface area contributed by atoms with Gasteiger partial charge >= 0.3 is 0 Å². The molecular formula is C8H11N3S. The molecule has 0 unspecified atom stereocenters. The summed E-state index contributed by atoms with van der Waals surface area (Å²) in [4.78, 5) is 6.12. The van der Waals surface area contributed by atoms with Crippen LogP contribution in [0, 0.1) is 12.3 Å². The normalized spacial score (nSPS) is 9.33. The molecule has 1 aromatic rings. The molecule has 1 aromatic heterocycles. The fourth-order valence-corrected chi connectivity index (χ4v) is 1.45. The summed E-state index contributed by atoms with van der Waals surface area (Å²) in [6, 6.07) is 0. The van der Waals surface area contributed by atoms with Crippen molar-refractivity contribution in [2.45, 2.75) is 6.42 Å². The summed E-state index contributed by atoms with van der Waals surface area (Å²) in [6.07, 6.45) is 7.53. The molecule has 0 saturated heterocycles. The number of nitrogens with two attached hydrogens (primary N) is 1. The zero-order valence-corrected chi connectivity index (χ0v) is 7.77. The molecule has 0 amide bonds. The van der Waals surface area contributed by atoms with Crippen molar-refractivity contribution in [2.75, 3.05) is 24.2 Å². The fourth-order valence-electron chi connectivity index (χ4n) is 0.781. The third-order valence-electron chi connectivity index (χ3n) is 1.43. The maximum Gasteiger partial charge on any atom is 0.187 e. The predicted octanol–water partition coefficient (Wildman–Crippen LogP) is 1.18. The Morgan fingerprint density at radius 3 is 3.08 bits per heavy atom. The topological polar surface area (TPSA) is 42.2 Å². The zero-order valence-electron chi connectivity index (χ0n) is 6.95. The van der Waals surface area contributed by atoms with Crippen molar-refractivity contribution in [3.8, 4) is 12.3 Å². The number of terminal acetylenes is 1. The third-order valence-corrected chi connectivity index (χ3v) is 2.37. The van der Waals surface area contributed by atoms with Crippen LogP contribution in [-0.4, -0.2) is 18.6 Å². The molecule has 0 radical (unpaired) electrons. The molecule has 1 heterocycles. The molecule has 3 nitrogen and oxygen atoms in total. The lowest BCUT2D eigenvalue weighted by Crippen LogP contribution is -2.17. The van der Waals surface area contributed by atoms with Gasteiger partial charge in [-0.2, -0.15) is 0 Å². The van der Waals surface area contributed by atoms with Crippen molar-refractivity contribution in [3.63, 3.8) is 0 Å². The van der Waals surface area contributed by atoms with E-state index >= 15 is 0 Å². The van der Waals surface area contributed by atoms with Gasteiger partial charge in [0.2, 0.25) is 0 Å². The van der Waals surface area contributed by atoms with E-state index in [9.17, 15) is 0 Å². The summed E-state index contributed by atoms with van der Waals surface area (Å²) < 4.78 is 0. The van der Waals surface area contributed by atoms with Gasteiger partial charge in [-0.3, -0.25) is 0 Å². The standard InChI is InChI=1S/C8H11N3S/c1-3-4-5-11(2)8-10-6-7(9)12-8/h1,6H,4-5,9H2,2H3. The van der Waals surface area contributed by atoms with Gasteiger partial charge < -0.3 is 10.6 Å². The van der Waals surface area contributed by atoms with Crippen molar-refractivity contribution in [2.24, 2.45) is 0 Å². The van der Waals surface area contributed by atoms with Crippen LogP contribution in [0.15, 0.2) is 6.20 Å². The molecule has 0 saturated carbocycles. The van der Waals surface area contributed by atoms with Crippen LogP contribution in [0.1, 0.15) is 6.42 Å². The van der Waals surface area contributed by atoms with Crippen LogP contribution in [0.4, 0.5) is 10.1 Å². The van der Waals surface area contributed by atoms with E-state index in [1.54, 1.807) is 6.20 Å². The minimum atomic E-state index is 0.732. The number of thiazole rings is 1. The summed E-state index contributed by atoms with van der Waals surface area (Å²) in [6.45, 7) is 0.823. The molecule has 0 aliphatic rings. The molecule has 0 spiro atoms. The Hall–Kier alpha value is -1.21. The lowest BCUT2D eigenvalue weighted by Gasteiger charge is -2.12. The number of hydrogen-bond donors (Lipinski definition) is 1. The molecule has 12 heavy (non-hydrogen) atoms. The van der Waals surface area contributed by atoms with Crippen molar-refractivity contribution in [1.29, 1.82) is 0 Å². The highest BCUT2D eigenvalue weighted by atomic mass is 32.1. The molecule has 1 rings (SSSR count). The van der Waals surface area contributed by atoms with Crippen LogP contribution < -0.4 is 10.6 Å². The molecule has 2 N–H and O–H groups in total. The summed E-state index contributed by atoms with van der Waals surface area (Å²) in [5, 5.41) is 1.65. The minimum absolute atomic E-state index is 0.732. The molecule has 0 aromatic carbocycles. The van der Waals surface area contributed by atoms with Crippen LogP contribution in [0.25, 0.3) is 0 Å². The highest BCUT2D eigenvalue weighted by Gasteiger charge is 2.03. The van der Waals surface area contributed by atoms with Gasteiger partial charge in [0.1, 0.15) is 5.00 Å². The lowest BCUT2D eigenvalue weighted by molar-refractivity contribution is 0.906. The van der Waals surface area contributed by atoms with Gasteiger partial charge in [0.15, 0.2) is 5.13 Å². The average molecular weight is 181 g/mol. The van der Waals surface area contributed by atoms with Gasteiger partial charge in [0.05, 0.1) is 6.20 Å². The first kappa shape index (κ1) is 8.88. The van der Waals surface area contributed by atoms with Crippen LogP contribution in [0.2, 0.25) is 0 Å². The first-order valence-corrected chi connectivity index (χ1v) is 4.41. The van der Waals surface area contributed by atoms with E-state index in [0.29, 0.717) is 0 Å². The van der Waals surface area contributed by atoms with Gasteiger partial charge in [0.25, 0.3) is 0 Å². The Balaban J connectivity index is 2.54. The van der Waals surface area contributed by atoms with Crippen molar-refractivity contribution >= 4 is 21.5 Å². The van der Waals surface area contributed by atoms with Gasteiger partial charge in [0, 0.05) is 20.0 Å². The van der Waals surface area contributed by atoms with E-state index in [2.05, 4.69) is 10.9 Å². The second-order valence-corrected chi connectivity index (χ2v) is 3.46. The molecule has 0 aliphatic heterocycles. The maximum absolute atomic E-state index is 5.53. The molecular weight excluding hydrogens is 170 g/mol. The van der Waals surface area contributed by atoms with E-state index in [0.717, 1.165) is 23.1 Å². The second-order valence-electron chi connectivity index (χ2n) is 2.42. The lowest BCUT2D eigenvalue weighted by atomic mass is 10.4. The first-order chi connectivity index (χ1) is 5.74. The fraction of sp³-hybridized carbons (Fsp3) is 0.375. The number of aromatic nitrogens is 1. The minimum Gasteiger partial charge on any atom is -0.389 e. The Bertz CT molecular complexity index is 287. The summed E-state index contributed by atoms with van der Waals surface area (Å²) in [5.41, 5.74) is 5.53. The van der Waals surface area contributed by atoms with E-state index in [1.165, 1.54) is 11.3 Å². The first-order valence-electron chi connectivity index (χ1n) is 3.60. The average Bonchev–Trinajstić information content (AvgIpc) is 2.47. The Labute approximate surface area is 76.2 Å². The zero-order chi connectivity index (χ0) is 8.97. The Morgan fingerprint density at radius 1 is 1.83 bits per heavy atom. The van der Waals surface area contributed by atoms with E-state index in [-0.39, 0.29) is 0 Å². The smallest absolute Gasteiger partial charge is 0.187 e.